The third-order valence-electron chi connectivity index (χ3n) is 5.36. The van der Waals surface area contributed by atoms with Gasteiger partial charge >= 0.3 is 0 Å². The first-order valence-electron chi connectivity index (χ1n) is 10.4. The number of fused-ring (bicyclic) bond motifs is 1. The lowest BCUT2D eigenvalue weighted by Gasteiger charge is -2.27. The maximum atomic E-state index is 14.3. The summed E-state index contributed by atoms with van der Waals surface area (Å²) in [6.45, 7) is 3.43. The van der Waals surface area contributed by atoms with Crippen molar-refractivity contribution in [3.05, 3.63) is 66.4 Å². The number of aromatic amines is 1. The number of morpholine rings is 1. The molecule has 4 heterocycles. The van der Waals surface area contributed by atoms with Crippen LogP contribution in [-0.2, 0) is 11.2 Å². The van der Waals surface area contributed by atoms with E-state index in [4.69, 9.17) is 14.7 Å². The Hall–Kier alpha value is -3.52. The zero-order valence-electron chi connectivity index (χ0n) is 17.0. The molecule has 1 aliphatic rings. The summed E-state index contributed by atoms with van der Waals surface area (Å²) in [4.78, 5) is 18.9. The van der Waals surface area contributed by atoms with Crippen LogP contribution in [-0.4, -0.2) is 52.8 Å². The predicted octanol–water partition coefficient (Wildman–Crippen LogP) is 3.65. The van der Waals surface area contributed by atoms with Crippen LogP contribution in [0.5, 0.6) is 0 Å². The lowest BCUT2D eigenvalue weighted by molar-refractivity contribution is 0.122. The minimum atomic E-state index is -0.303. The fraction of sp³-hybridized carbons (Fsp3) is 0.261. The van der Waals surface area contributed by atoms with Gasteiger partial charge in [0, 0.05) is 60.8 Å². The second-order valence-electron chi connectivity index (χ2n) is 7.47. The first-order chi connectivity index (χ1) is 15.3. The number of hydrogen-bond acceptors (Lipinski definition) is 6. The maximum absolute atomic E-state index is 14.3. The highest BCUT2D eigenvalue weighted by Crippen LogP contribution is 2.30. The second-order valence-corrected chi connectivity index (χ2v) is 7.47. The van der Waals surface area contributed by atoms with Crippen LogP contribution in [0.15, 0.2) is 55.0 Å². The summed E-state index contributed by atoms with van der Waals surface area (Å²) in [5, 5.41) is 4.33. The number of aromatic nitrogens is 4. The number of rotatable bonds is 6. The molecule has 4 aromatic rings. The second kappa shape index (κ2) is 8.69. The Morgan fingerprint density at radius 1 is 1.13 bits per heavy atom. The molecule has 31 heavy (non-hydrogen) atoms. The molecule has 7 nitrogen and oxygen atoms in total. The molecule has 0 unspecified atom stereocenters. The number of nitrogens with one attached hydrogen (secondary N) is 2. The molecule has 158 valence electrons. The smallest absolute Gasteiger partial charge is 0.228 e. The van der Waals surface area contributed by atoms with Crippen LogP contribution in [0.25, 0.3) is 22.2 Å². The normalized spacial score (nSPS) is 14.2. The van der Waals surface area contributed by atoms with E-state index in [-0.39, 0.29) is 5.82 Å². The summed E-state index contributed by atoms with van der Waals surface area (Å²) in [6.07, 6.45) is 6.26. The Labute approximate surface area is 179 Å². The van der Waals surface area contributed by atoms with E-state index in [9.17, 15) is 4.39 Å². The van der Waals surface area contributed by atoms with E-state index < -0.39 is 0 Å². The van der Waals surface area contributed by atoms with Gasteiger partial charge in [-0.05, 0) is 36.2 Å². The van der Waals surface area contributed by atoms with E-state index in [1.165, 1.54) is 12.1 Å². The molecule has 0 bridgehead atoms. The highest BCUT2D eigenvalue weighted by atomic mass is 19.1. The van der Waals surface area contributed by atoms with Crippen molar-refractivity contribution in [3.8, 4) is 11.3 Å². The summed E-state index contributed by atoms with van der Waals surface area (Å²) >= 11 is 0. The molecule has 1 aliphatic heterocycles. The van der Waals surface area contributed by atoms with E-state index >= 15 is 0 Å². The fourth-order valence-electron chi connectivity index (χ4n) is 3.79. The number of H-pyrrole nitrogens is 1. The van der Waals surface area contributed by atoms with Gasteiger partial charge in [-0.2, -0.15) is 4.98 Å². The molecule has 5 rings (SSSR count). The van der Waals surface area contributed by atoms with E-state index in [0.29, 0.717) is 37.2 Å². The molecule has 1 aromatic carbocycles. The number of hydrogen-bond donors (Lipinski definition) is 2. The third kappa shape index (κ3) is 4.34. The van der Waals surface area contributed by atoms with Gasteiger partial charge in [-0.3, -0.25) is 4.98 Å². The fourth-order valence-corrected chi connectivity index (χ4v) is 3.79. The van der Waals surface area contributed by atoms with Gasteiger partial charge in [0.25, 0.3) is 0 Å². The summed E-state index contributed by atoms with van der Waals surface area (Å²) in [5.41, 5.74) is 3.32. The quantitative estimate of drug-likeness (QED) is 0.498. The summed E-state index contributed by atoms with van der Waals surface area (Å²) in [7, 11) is 0. The van der Waals surface area contributed by atoms with Crippen molar-refractivity contribution in [3.63, 3.8) is 0 Å². The van der Waals surface area contributed by atoms with Gasteiger partial charge in [-0.15, -0.1) is 0 Å². The van der Waals surface area contributed by atoms with Crippen molar-refractivity contribution in [2.45, 2.75) is 6.42 Å². The highest BCUT2D eigenvalue weighted by Gasteiger charge is 2.18. The minimum Gasteiger partial charge on any atom is -0.378 e. The monoisotopic (exact) mass is 418 g/mol. The first-order valence-corrected chi connectivity index (χ1v) is 10.4. The number of nitrogens with zero attached hydrogens (tertiary/aromatic N) is 4. The average molecular weight is 418 g/mol. The first kappa shape index (κ1) is 19.4. The van der Waals surface area contributed by atoms with Crippen molar-refractivity contribution in [1.29, 1.82) is 0 Å². The van der Waals surface area contributed by atoms with Gasteiger partial charge in [-0.1, -0.05) is 6.07 Å². The van der Waals surface area contributed by atoms with Crippen molar-refractivity contribution in [2.75, 3.05) is 43.1 Å². The summed E-state index contributed by atoms with van der Waals surface area (Å²) < 4.78 is 19.8. The molecule has 0 saturated carbocycles. The van der Waals surface area contributed by atoms with E-state index in [2.05, 4.69) is 26.3 Å². The molecular weight excluding hydrogens is 395 g/mol. The van der Waals surface area contributed by atoms with Crippen LogP contribution in [0.3, 0.4) is 0 Å². The van der Waals surface area contributed by atoms with Crippen LogP contribution in [0.4, 0.5) is 16.2 Å². The predicted molar refractivity (Wildman–Crippen MR) is 119 cm³/mol. The molecule has 0 atom stereocenters. The topological polar surface area (TPSA) is 79.0 Å². The van der Waals surface area contributed by atoms with Gasteiger partial charge in [-0.25, -0.2) is 9.37 Å². The maximum Gasteiger partial charge on any atom is 0.228 e. The molecule has 3 aromatic heterocycles. The van der Waals surface area contributed by atoms with Crippen LogP contribution in [0.1, 0.15) is 5.56 Å². The van der Waals surface area contributed by atoms with Gasteiger partial charge in [0.15, 0.2) is 0 Å². The Kier molecular flexibility index (Phi) is 5.45. The number of pyridine rings is 1. The van der Waals surface area contributed by atoms with Gasteiger partial charge in [0.1, 0.15) is 11.6 Å². The molecule has 0 spiro atoms. The van der Waals surface area contributed by atoms with Crippen LogP contribution < -0.4 is 10.2 Å². The Morgan fingerprint density at radius 2 is 2.03 bits per heavy atom. The lowest BCUT2D eigenvalue weighted by atomic mass is 10.1. The number of benzene rings is 1. The van der Waals surface area contributed by atoms with Crippen molar-refractivity contribution >= 4 is 22.7 Å². The molecule has 0 radical (unpaired) electrons. The third-order valence-corrected chi connectivity index (χ3v) is 5.36. The standard InChI is InChI=1S/C23H23FN6O/c24-17-12-19(18-4-7-26-20(18)13-17)21-14-22(27-6-3-16-2-1-5-25-15-16)29-23(28-21)30-8-10-31-11-9-30/h1-2,4-5,7,12-15,26H,3,6,8-11H2,(H,27,28,29). The molecular formula is C23H23FN6O. The summed E-state index contributed by atoms with van der Waals surface area (Å²) in [6, 6.07) is 10.8. The van der Waals surface area contributed by atoms with E-state index in [1.807, 2.05) is 30.6 Å². The molecule has 1 fully saturated rings. The minimum absolute atomic E-state index is 0.303. The number of anilines is 2. The van der Waals surface area contributed by atoms with Crippen molar-refractivity contribution < 1.29 is 9.13 Å². The largest absolute Gasteiger partial charge is 0.378 e. The molecule has 2 N–H and O–H groups in total. The van der Waals surface area contributed by atoms with Gasteiger partial charge in [0.2, 0.25) is 5.95 Å². The van der Waals surface area contributed by atoms with Crippen LogP contribution in [0, 0.1) is 5.82 Å². The van der Waals surface area contributed by atoms with Crippen LogP contribution in [0.2, 0.25) is 0 Å². The Morgan fingerprint density at radius 3 is 2.87 bits per heavy atom. The number of halogens is 1. The molecule has 8 heteroatoms. The van der Waals surface area contributed by atoms with Crippen LogP contribution >= 0.6 is 0 Å². The average Bonchev–Trinajstić information content (AvgIpc) is 3.28. The van der Waals surface area contributed by atoms with Gasteiger partial charge < -0.3 is 19.9 Å². The Balaban J connectivity index is 1.49. The zero-order chi connectivity index (χ0) is 21.0. The SMILES string of the molecule is Fc1cc(-c2cc(NCCc3cccnc3)nc(N3CCOCC3)n2)c2cc[nH]c2c1. The van der Waals surface area contributed by atoms with Gasteiger partial charge in [0.05, 0.1) is 18.9 Å². The van der Waals surface area contributed by atoms with E-state index in [0.717, 1.165) is 41.5 Å². The molecule has 0 amide bonds. The zero-order valence-corrected chi connectivity index (χ0v) is 17.0. The lowest BCUT2D eigenvalue weighted by Crippen LogP contribution is -2.37. The summed E-state index contributed by atoms with van der Waals surface area (Å²) in [5.74, 6) is 1.03. The number of ether oxygens (including phenoxy) is 1. The highest BCUT2D eigenvalue weighted by molar-refractivity contribution is 5.94. The van der Waals surface area contributed by atoms with Crippen molar-refractivity contribution in [1.82, 2.24) is 19.9 Å². The molecule has 0 aliphatic carbocycles. The van der Waals surface area contributed by atoms with E-state index in [1.54, 1.807) is 6.20 Å². The molecule has 1 saturated heterocycles. The Bertz CT molecular complexity index is 1170. The van der Waals surface area contributed by atoms with Crippen molar-refractivity contribution in [2.24, 2.45) is 0 Å².